The Bertz CT molecular complexity index is 750. The Labute approximate surface area is 151 Å². The van der Waals surface area contributed by atoms with Crippen LogP contribution in [0.1, 0.15) is 0 Å². The average molecular weight is 360 g/mol. The maximum Gasteiger partial charge on any atom is 0.258 e. The Morgan fingerprint density at radius 2 is 1.76 bits per heavy atom. The number of carbonyl (C=O) groups is 1. The van der Waals surface area contributed by atoms with Gasteiger partial charge in [0.25, 0.3) is 5.91 Å². The third kappa shape index (κ3) is 6.66. The van der Waals surface area contributed by atoms with E-state index in [-0.39, 0.29) is 25.7 Å². The zero-order chi connectivity index (χ0) is 17.9. The number of rotatable bonds is 7. The predicted octanol–water partition coefficient (Wildman–Crippen LogP) is 2.93. The number of hydrogen-bond acceptors (Lipinski definition) is 4. The lowest BCUT2D eigenvalue weighted by Gasteiger charge is -2.07. The number of para-hydroxylation sites is 2. The van der Waals surface area contributed by atoms with E-state index in [2.05, 4.69) is 17.2 Å². The molecule has 1 N–H and O–H groups in total. The second-order valence-corrected chi connectivity index (χ2v) is 5.25. The first-order valence-electron chi connectivity index (χ1n) is 7.55. The van der Waals surface area contributed by atoms with Crippen LogP contribution in [-0.4, -0.2) is 32.8 Å². The van der Waals surface area contributed by atoms with E-state index in [0.717, 1.165) is 0 Å². The van der Waals surface area contributed by atoms with Crippen LogP contribution in [0.2, 0.25) is 5.02 Å². The summed E-state index contributed by atoms with van der Waals surface area (Å²) in [5.74, 6) is 7.23. The van der Waals surface area contributed by atoms with E-state index >= 15 is 0 Å². The molecule has 0 aliphatic heterocycles. The minimum Gasteiger partial charge on any atom is -0.493 e. The zero-order valence-corrected chi connectivity index (χ0v) is 14.5. The first kappa shape index (κ1) is 18.5. The Morgan fingerprint density at radius 3 is 2.48 bits per heavy atom. The monoisotopic (exact) mass is 359 g/mol. The molecule has 0 unspecified atom stereocenters. The highest BCUT2D eigenvalue weighted by atomic mass is 35.5. The summed E-state index contributed by atoms with van der Waals surface area (Å²) in [6, 6.07) is 14.1. The first-order valence-corrected chi connectivity index (χ1v) is 7.93. The van der Waals surface area contributed by atoms with Crippen LogP contribution >= 0.6 is 11.6 Å². The van der Waals surface area contributed by atoms with Crippen molar-refractivity contribution < 1.29 is 19.0 Å². The molecule has 2 aromatic rings. The SMILES string of the molecule is COc1ccccc1OCC#CCNC(=O)COc1ccc(Cl)cc1. The molecular formula is C19H18ClNO4. The standard InChI is InChI=1S/C19H18ClNO4/c1-23-17-6-2-3-7-18(17)24-13-5-4-12-21-19(22)14-25-16-10-8-15(20)9-11-16/h2-3,6-11H,12-14H2,1H3,(H,21,22). The van der Waals surface area contributed by atoms with Gasteiger partial charge in [-0.15, -0.1) is 0 Å². The van der Waals surface area contributed by atoms with Gasteiger partial charge in [0.05, 0.1) is 13.7 Å². The number of halogens is 1. The van der Waals surface area contributed by atoms with E-state index in [0.29, 0.717) is 22.3 Å². The van der Waals surface area contributed by atoms with Crippen LogP contribution in [-0.2, 0) is 4.79 Å². The minimum absolute atomic E-state index is 0.0823. The number of amides is 1. The van der Waals surface area contributed by atoms with Crippen LogP contribution in [0.25, 0.3) is 0 Å². The molecule has 2 aromatic carbocycles. The normalized spacial score (nSPS) is 9.52. The third-order valence-electron chi connectivity index (χ3n) is 3.05. The van der Waals surface area contributed by atoms with E-state index in [1.54, 1.807) is 37.4 Å². The van der Waals surface area contributed by atoms with E-state index in [1.807, 2.05) is 18.2 Å². The van der Waals surface area contributed by atoms with Crippen molar-refractivity contribution in [3.63, 3.8) is 0 Å². The Balaban J connectivity index is 1.64. The molecule has 1 amide bonds. The van der Waals surface area contributed by atoms with Crippen LogP contribution in [0.5, 0.6) is 17.2 Å². The van der Waals surface area contributed by atoms with Crippen molar-refractivity contribution in [2.75, 3.05) is 26.9 Å². The van der Waals surface area contributed by atoms with E-state index in [1.165, 1.54) is 0 Å². The van der Waals surface area contributed by atoms with E-state index in [4.69, 9.17) is 25.8 Å². The first-order chi connectivity index (χ1) is 12.2. The number of methoxy groups -OCH3 is 1. The summed E-state index contributed by atoms with van der Waals surface area (Å²) in [5, 5.41) is 3.26. The van der Waals surface area contributed by atoms with Crippen LogP contribution < -0.4 is 19.5 Å². The minimum atomic E-state index is -0.255. The molecule has 0 aliphatic rings. The molecule has 0 radical (unpaired) electrons. The topological polar surface area (TPSA) is 56.8 Å². The zero-order valence-electron chi connectivity index (χ0n) is 13.8. The van der Waals surface area contributed by atoms with E-state index in [9.17, 15) is 4.79 Å². The lowest BCUT2D eigenvalue weighted by Crippen LogP contribution is -2.29. The van der Waals surface area contributed by atoms with Crippen molar-refractivity contribution in [3.05, 3.63) is 53.6 Å². The van der Waals surface area contributed by atoms with Gasteiger partial charge >= 0.3 is 0 Å². The molecule has 0 aromatic heterocycles. The highest BCUT2D eigenvalue weighted by Gasteiger charge is 2.02. The van der Waals surface area contributed by atoms with Gasteiger partial charge in [-0.3, -0.25) is 4.79 Å². The second-order valence-electron chi connectivity index (χ2n) is 4.81. The second kappa shape index (κ2) is 10.1. The van der Waals surface area contributed by atoms with Gasteiger partial charge in [-0.1, -0.05) is 35.6 Å². The summed E-state index contributed by atoms with van der Waals surface area (Å²) in [5.41, 5.74) is 0. The number of hydrogen-bond donors (Lipinski definition) is 1. The molecule has 0 spiro atoms. The maximum absolute atomic E-state index is 11.6. The molecule has 0 saturated carbocycles. The molecule has 2 rings (SSSR count). The number of ether oxygens (including phenoxy) is 3. The summed E-state index contributed by atoms with van der Waals surface area (Å²) >= 11 is 5.77. The fourth-order valence-electron chi connectivity index (χ4n) is 1.84. The van der Waals surface area contributed by atoms with Crippen molar-refractivity contribution in [1.82, 2.24) is 5.32 Å². The summed E-state index contributed by atoms with van der Waals surface area (Å²) in [4.78, 5) is 11.6. The Hall–Kier alpha value is -2.84. The van der Waals surface area contributed by atoms with Crippen molar-refractivity contribution in [2.24, 2.45) is 0 Å². The highest BCUT2D eigenvalue weighted by Crippen LogP contribution is 2.25. The Morgan fingerprint density at radius 1 is 1.04 bits per heavy atom. The maximum atomic E-state index is 11.6. The molecule has 5 nitrogen and oxygen atoms in total. The summed E-state index contributed by atoms with van der Waals surface area (Å²) in [6.45, 7) is 0.344. The number of carbonyl (C=O) groups excluding carboxylic acids is 1. The van der Waals surface area contributed by atoms with Crippen LogP contribution in [0.15, 0.2) is 48.5 Å². The largest absolute Gasteiger partial charge is 0.493 e. The fraction of sp³-hybridized carbons (Fsp3) is 0.211. The molecule has 0 aliphatic carbocycles. The molecule has 130 valence electrons. The van der Waals surface area contributed by atoms with Crippen molar-refractivity contribution in [2.45, 2.75) is 0 Å². The molecule has 0 heterocycles. The smallest absolute Gasteiger partial charge is 0.258 e. The van der Waals surface area contributed by atoms with Gasteiger partial charge in [0, 0.05) is 5.02 Å². The Kier molecular flexibility index (Phi) is 7.48. The van der Waals surface area contributed by atoms with E-state index < -0.39 is 0 Å². The summed E-state index contributed by atoms with van der Waals surface area (Å²) in [7, 11) is 1.58. The predicted molar refractivity (Wildman–Crippen MR) is 96.2 cm³/mol. The van der Waals surface area contributed by atoms with Crippen molar-refractivity contribution in [3.8, 4) is 29.1 Å². The van der Waals surface area contributed by atoms with Crippen LogP contribution in [0.4, 0.5) is 0 Å². The van der Waals surface area contributed by atoms with Gasteiger partial charge in [-0.05, 0) is 36.4 Å². The summed E-state index contributed by atoms with van der Waals surface area (Å²) in [6.07, 6.45) is 0. The fourth-order valence-corrected chi connectivity index (χ4v) is 1.96. The quantitative estimate of drug-likeness (QED) is 0.772. The molecule has 0 bridgehead atoms. The van der Waals surface area contributed by atoms with Gasteiger partial charge in [-0.2, -0.15) is 0 Å². The van der Waals surface area contributed by atoms with Gasteiger partial charge in [0.2, 0.25) is 0 Å². The average Bonchev–Trinajstić information content (AvgIpc) is 2.64. The highest BCUT2D eigenvalue weighted by molar-refractivity contribution is 6.30. The lowest BCUT2D eigenvalue weighted by molar-refractivity contribution is -0.122. The molecule has 6 heteroatoms. The van der Waals surface area contributed by atoms with Crippen LogP contribution in [0, 0.1) is 11.8 Å². The van der Waals surface area contributed by atoms with Gasteiger partial charge < -0.3 is 19.5 Å². The lowest BCUT2D eigenvalue weighted by atomic mass is 10.3. The summed E-state index contributed by atoms with van der Waals surface area (Å²) < 4.78 is 16.0. The number of benzene rings is 2. The van der Waals surface area contributed by atoms with Gasteiger partial charge in [0.1, 0.15) is 12.4 Å². The van der Waals surface area contributed by atoms with Gasteiger partial charge in [0.15, 0.2) is 18.1 Å². The molecule has 0 fully saturated rings. The number of nitrogens with one attached hydrogen (secondary N) is 1. The van der Waals surface area contributed by atoms with Crippen molar-refractivity contribution in [1.29, 1.82) is 0 Å². The molecule has 0 saturated heterocycles. The molecular weight excluding hydrogens is 342 g/mol. The molecule has 0 atom stereocenters. The van der Waals surface area contributed by atoms with Gasteiger partial charge in [-0.25, -0.2) is 0 Å². The van der Waals surface area contributed by atoms with Crippen LogP contribution in [0.3, 0.4) is 0 Å². The van der Waals surface area contributed by atoms with Crippen molar-refractivity contribution >= 4 is 17.5 Å². The molecule has 25 heavy (non-hydrogen) atoms. The third-order valence-corrected chi connectivity index (χ3v) is 3.30.